The normalized spacial score (nSPS) is 13.3. The molecular weight excluding hydrogens is 360 g/mol. The van der Waals surface area contributed by atoms with Gasteiger partial charge >= 0.3 is 0 Å². The highest BCUT2D eigenvalue weighted by atomic mass is 35.5. The molecule has 0 aliphatic heterocycles. The van der Waals surface area contributed by atoms with Gasteiger partial charge in [0.25, 0.3) is 0 Å². The monoisotopic (exact) mass is 380 g/mol. The van der Waals surface area contributed by atoms with Gasteiger partial charge in [-0.05, 0) is 61.7 Å². The first-order valence-corrected chi connectivity index (χ1v) is 9.38. The highest BCUT2D eigenvalue weighted by Gasteiger charge is 2.22. The molecule has 1 aliphatic carbocycles. The Hall–Kier alpha value is -2.79. The van der Waals surface area contributed by atoms with E-state index in [-0.39, 0.29) is 0 Å². The van der Waals surface area contributed by atoms with Crippen LogP contribution < -0.4 is 15.4 Å². The van der Waals surface area contributed by atoms with Gasteiger partial charge in [-0.3, -0.25) is 0 Å². The van der Waals surface area contributed by atoms with Crippen molar-refractivity contribution >= 4 is 29.1 Å². The fourth-order valence-corrected chi connectivity index (χ4v) is 2.76. The van der Waals surface area contributed by atoms with Crippen molar-refractivity contribution in [2.45, 2.75) is 32.4 Å². The molecule has 1 heterocycles. The molecule has 138 valence electrons. The van der Waals surface area contributed by atoms with Gasteiger partial charge in [-0.25, -0.2) is 4.98 Å². The number of benzene rings is 2. The van der Waals surface area contributed by atoms with Crippen molar-refractivity contribution in [3.63, 3.8) is 0 Å². The highest BCUT2D eigenvalue weighted by Crippen LogP contribution is 2.25. The number of hydrogen-bond donors (Lipinski definition) is 2. The number of nitrogens with zero attached hydrogens (tertiary/aromatic N) is 2. The molecule has 6 heteroatoms. The number of hydrogen-bond acceptors (Lipinski definition) is 5. The van der Waals surface area contributed by atoms with Crippen LogP contribution in [0.5, 0.6) is 5.75 Å². The molecule has 0 unspecified atom stereocenters. The average Bonchev–Trinajstić information content (AvgIpc) is 3.46. The maximum absolute atomic E-state index is 5.90. The SMILES string of the molecule is Cc1cc(Nc2ccc(OCc3ccc(Cl)cc3)cc2)nc(NC2CC2)n1. The molecule has 1 aliphatic rings. The Morgan fingerprint density at radius 1 is 1.04 bits per heavy atom. The van der Waals surface area contributed by atoms with Crippen molar-refractivity contribution in [3.8, 4) is 5.75 Å². The molecule has 3 aromatic rings. The third-order valence-electron chi connectivity index (χ3n) is 4.21. The second-order valence-electron chi connectivity index (χ2n) is 6.70. The Morgan fingerprint density at radius 3 is 2.48 bits per heavy atom. The van der Waals surface area contributed by atoms with Gasteiger partial charge < -0.3 is 15.4 Å². The zero-order chi connectivity index (χ0) is 18.6. The fourth-order valence-electron chi connectivity index (χ4n) is 2.64. The van der Waals surface area contributed by atoms with E-state index in [1.165, 1.54) is 12.8 Å². The van der Waals surface area contributed by atoms with Crippen LogP contribution in [0.25, 0.3) is 0 Å². The summed E-state index contributed by atoms with van der Waals surface area (Å²) in [6, 6.07) is 17.9. The number of ether oxygens (including phenoxy) is 1. The van der Waals surface area contributed by atoms with Crippen LogP contribution in [0.15, 0.2) is 54.6 Å². The van der Waals surface area contributed by atoms with E-state index < -0.39 is 0 Å². The summed E-state index contributed by atoms with van der Waals surface area (Å²) in [7, 11) is 0. The van der Waals surface area contributed by atoms with E-state index in [2.05, 4.69) is 20.6 Å². The molecule has 0 bridgehead atoms. The Kier molecular flexibility index (Phi) is 5.12. The largest absolute Gasteiger partial charge is 0.489 e. The third kappa shape index (κ3) is 5.11. The summed E-state index contributed by atoms with van der Waals surface area (Å²) >= 11 is 5.90. The van der Waals surface area contributed by atoms with Gasteiger partial charge in [-0.2, -0.15) is 4.98 Å². The summed E-state index contributed by atoms with van der Waals surface area (Å²) in [5.41, 5.74) is 2.96. The van der Waals surface area contributed by atoms with Gasteiger partial charge in [0.1, 0.15) is 18.2 Å². The lowest BCUT2D eigenvalue weighted by molar-refractivity contribution is 0.306. The van der Waals surface area contributed by atoms with Crippen LogP contribution in [-0.4, -0.2) is 16.0 Å². The van der Waals surface area contributed by atoms with E-state index in [0.717, 1.165) is 33.5 Å². The number of anilines is 3. The Labute approximate surface area is 163 Å². The quantitative estimate of drug-likeness (QED) is 0.579. The summed E-state index contributed by atoms with van der Waals surface area (Å²) < 4.78 is 5.82. The molecule has 0 saturated heterocycles. The van der Waals surface area contributed by atoms with Crippen LogP contribution >= 0.6 is 11.6 Å². The molecule has 1 saturated carbocycles. The number of aromatic nitrogens is 2. The molecule has 2 N–H and O–H groups in total. The molecular formula is C21H21ClN4O. The lowest BCUT2D eigenvalue weighted by Gasteiger charge is -2.11. The first-order valence-electron chi connectivity index (χ1n) is 9.01. The van der Waals surface area contributed by atoms with Crippen molar-refractivity contribution in [3.05, 3.63) is 70.9 Å². The number of rotatable bonds is 7. The smallest absolute Gasteiger partial charge is 0.225 e. The molecule has 27 heavy (non-hydrogen) atoms. The van der Waals surface area contributed by atoms with Crippen molar-refractivity contribution in [1.82, 2.24) is 9.97 Å². The van der Waals surface area contributed by atoms with Gasteiger partial charge in [0.05, 0.1) is 0 Å². The van der Waals surface area contributed by atoms with Gasteiger partial charge in [0, 0.05) is 28.5 Å². The van der Waals surface area contributed by atoms with Gasteiger partial charge in [-0.1, -0.05) is 23.7 Å². The minimum Gasteiger partial charge on any atom is -0.489 e. The summed E-state index contributed by atoms with van der Waals surface area (Å²) in [6.45, 7) is 2.48. The fraction of sp³-hybridized carbons (Fsp3) is 0.238. The van der Waals surface area contributed by atoms with Crippen molar-refractivity contribution in [1.29, 1.82) is 0 Å². The summed E-state index contributed by atoms with van der Waals surface area (Å²) in [4.78, 5) is 8.98. The maximum Gasteiger partial charge on any atom is 0.225 e. The topological polar surface area (TPSA) is 59.1 Å². The second-order valence-corrected chi connectivity index (χ2v) is 7.14. The van der Waals surface area contributed by atoms with Crippen LogP contribution in [-0.2, 0) is 6.61 Å². The Balaban J connectivity index is 1.37. The summed E-state index contributed by atoms with van der Waals surface area (Å²) in [6.07, 6.45) is 2.38. The van der Waals surface area contributed by atoms with Gasteiger partial charge in [0.2, 0.25) is 5.95 Å². The van der Waals surface area contributed by atoms with Crippen LogP contribution in [0, 0.1) is 6.92 Å². The predicted octanol–water partition coefficient (Wildman–Crippen LogP) is 5.34. The first-order chi connectivity index (χ1) is 13.1. The van der Waals surface area contributed by atoms with E-state index >= 15 is 0 Å². The minimum absolute atomic E-state index is 0.505. The van der Waals surface area contributed by atoms with E-state index in [4.69, 9.17) is 16.3 Å². The molecule has 0 atom stereocenters. The lowest BCUT2D eigenvalue weighted by atomic mass is 10.2. The van der Waals surface area contributed by atoms with Crippen LogP contribution in [0.4, 0.5) is 17.5 Å². The zero-order valence-corrected chi connectivity index (χ0v) is 15.8. The van der Waals surface area contributed by atoms with E-state index in [9.17, 15) is 0 Å². The summed E-state index contributed by atoms with van der Waals surface area (Å²) in [5.74, 6) is 2.27. The Morgan fingerprint density at radius 2 is 1.78 bits per heavy atom. The molecule has 4 rings (SSSR count). The lowest BCUT2D eigenvalue weighted by Crippen LogP contribution is -2.07. The molecule has 5 nitrogen and oxygen atoms in total. The molecule has 0 radical (unpaired) electrons. The van der Waals surface area contributed by atoms with Crippen molar-refractivity contribution < 1.29 is 4.74 Å². The minimum atomic E-state index is 0.505. The zero-order valence-electron chi connectivity index (χ0n) is 15.1. The van der Waals surface area contributed by atoms with Crippen LogP contribution in [0.1, 0.15) is 24.1 Å². The highest BCUT2D eigenvalue weighted by molar-refractivity contribution is 6.30. The van der Waals surface area contributed by atoms with Crippen LogP contribution in [0.3, 0.4) is 0 Å². The van der Waals surface area contributed by atoms with Gasteiger partial charge in [0.15, 0.2) is 0 Å². The number of aryl methyl sites for hydroxylation is 1. The molecule has 2 aromatic carbocycles. The van der Waals surface area contributed by atoms with Crippen LogP contribution in [0.2, 0.25) is 5.02 Å². The predicted molar refractivity (Wildman–Crippen MR) is 109 cm³/mol. The second kappa shape index (κ2) is 7.84. The molecule has 0 amide bonds. The Bertz CT molecular complexity index is 908. The maximum atomic E-state index is 5.90. The molecule has 0 spiro atoms. The number of nitrogens with one attached hydrogen (secondary N) is 2. The third-order valence-corrected chi connectivity index (χ3v) is 4.46. The van der Waals surface area contributed by atoms with Crippen molar-refractivity contribution in [2.75, 3.05) is 10.6 Å². The summed E-state index contributed by atoms with van der Waals surface area (Å²) in [5, 5.41) is 7.39. The first kappa shape index (κ1) is 17.6. The van der Waals surface area contributed by atoms with Crippen molar-refractivity contribution in [2.24, 2.45) is 0 Å². The molecule has 1 fully saturated rings. The van der Waals surface area contributed by atoms with E-state index in [1.807, 2.05) is 61.5 Å². The average molecular weight is 381 g/mol. The number of halogens is 1. The van der Waals surface area contributed by atoms with E-state index in [1.54, 1.807) is 0 Å². The van der Waals surface area contributed by atoms with E-state index in [0.29, 0.717) is 18.6 Å². The molecule has 1 aromatic heterocycles. The standard InChI is InChI=1S/C21H21ClN4O/c1-14-12-20(26-21(23-14)25-18-6-7-18)24-17-8-10-19(11-9-17)27-13-15-2-4-16(22)5-3-15/h2-5,8-12,18H,6-7,13H2,1H3,(H2,23,24,25,26). The van der Waals surface area contributed by atoms with Gasteiger partial charge in [-0.15, -0.1) is 0 Å².